The molecule has 1 saturated heterocycles. The van der Waals surface area contributed by atoms with E-state index in [1.54, 1.807) is 0 Å². The molecule has 0 N–H and O–H groups in total. The first-order chi connectivity index (χ1) is 8.25. The fourth-order valence-corrected chi connectivity index (χ4v) is 2.28. The van der Waals surface area contributed by atoms with Crippen molar-refractivity contribution in [1.29, 1.82) is 0 Å². The van der Waals surface area contributed by atoms with Crippen LogP contribution in [0.2, 0.25) is 5.02 Å². The number of thiocarbonyl (C=S) groups is 1. The zero-order valence-electron chi connectivity index (χ0n) is 9.69. The number of ether oxygens (including phenoxy) is 1. The molecule has 1 fully saturated rings. The lowest BCUT2D eigenvalue weighted by Gasteiger charge is -2.29. The largest absolute Gasteiger partial charge is 0.378 e. The smallest absolute Gasteiger partial charge is 0.0784 e. The topological polar surface area (TPSA) is 12.5 Å². The summed E-state index contributed by atoms with van der Waals surface area (Å²) in [6.07, 6.45) is 1.91. The molecule has 1 heterocycles. The molecule has 0 spiro atoms. The molecule has 4 heteroatoms. The third kappa shape index (κ3) is 3.95. The van der Waals surface area contributed by atoms with Gasteiger partial charge < -0.3 is 9.64 Å². The molecule has 0 atom stereocenters. The second-order valence-corrected chi connectivity index (χ2v) is 5.03. The zero-order chi connectivity index (χ0) is 12.1. The standard InChI is InChI=1S/C13H16ClNOS/c14-12-4-1-11(2-5-12)3-6-13(17)15-7-9-16-10-8-15/h1-2,4-5H,3,6-10H2. The molecule has 0 bridgehead atoms. The van der Waals surface area contributed by atoms with Crippen LogP contribution in [0, 0.1) is 0 Å². The Hall–Kier alpha value is -0.640. The Bertz CT molecular complexity index is 374. The van der Waals surface area contributed by atoms with Crippen LogP contribution in [0.15, 0.2) is 24.3 Å². The highest BCUT2D eigenvalue weighted by Gasteiger charge is 2.13. The zero-order valence-corrected chi connectivity index (χ0v) is 11.3. The monoisotopic (exact) mass is 269 g/mol. The highest BCUT2D eigenvalue weighted by atomic mass is 35.5. The van der Waals surface area contributed by atoms with Crippen molar-refractivity contribution in [2.24, 2.45) is 0 Å². The minimum atomic E-state index is 0.782. The average molecular weight is 270 g/mol. The molecule has 92 valence electrons. The number of hydrogen-bond acceptors (Lipinski definition) is 2. The van der Waals surface area contributed by atoms with E-state index in [9.17, 15) is 0 Å². The molecule has 0 unspecified atom stereocenters. The highest BCUT2D eigenvalue weighted by Crippen LogP contribution is 2.12. The number of aryl methyl sites for hydroxylation is 1. The molecule has 1 aromatic rings. The molecular formula is C13H16ClNOS. The van der Waals surface area contributed by atoms with Gasteiger partial charge in [-0.3, -0.25) is 0 Å². The van der Waals surface area contributed by atoms with E-state index >= 15 is 0 Å². The third-order valence-corrected chi connectivity index (χ3v) is 3.62. The fraction of sp³-hybridized carbons (Fsp3) is 0.462. The van der Waals surface area contributed by atoms with Crippen molar-refractivity contribution in [2.75, 3.05) is 26.3 Å². The average Bonchev–Trinajstić information content (AvgIpc) is 2.39. The Balaban J connectivity index is 1.81. The van der Waals surface area contributed by atoms with Crippen LogP contribution < -0.4 is 0 Å². The second-order valence-electron chi connectivity index (χ2n) is 4.12. The van der Waals surface area contributed by atoms with Gasteiger partial charge in [-0.15, -0.1) is 0 Å². The van der Waals surface area contributed by atoms with Crippen molar-refractivity contribution < 1.29 is 4.74 Å². The predicted octanol–water partition coefficient (Wildman–Crippen LogP) is 2.93. The number of hydrogen-bond donors (Lipinski definition) is 0. The summed E-state index contributed by atoms with van der Waals surface area (Å²) < 4.78 is 5.31. The summed E-state index contributed by atoms with van der Waals surface area (Å²) >= 11 is 11.3. The van der Waals surface area contributed by atoms with Crippen LogP contribution in [0.1, 0.15) is 12.0 Å². The van der Waals surface area contributed by atoms with Crippen LogP contribution in [-0.4, -0.2) is 36.2 Å². The lowest BCUT2D eigenvalue weighted by atomic mass is 10.1. The van der Waals surface area contributed by atoms with Gasteiger partial charge in [-0.25, -0.2) is 0 Å². The van der Waals surface area contributed by atoms with E-state index < -0.39 is 0 Å². The molecule has 1 aliphatic rings. The molecule has 1 aromatic carbocycles. The van der Waals surface area contributed by atoms with Gasteiger partial charge in [0.25, 0.3) is 0 Å². The van der Waals surface area contributed by atoms with Gasteiger partial charge >= 0.3 is 0 Å². The molecule has 0 amide bonds. The van der Waals surface area contributed by atoms with Gasteiger partial charge in [-0.2, -0.15) is 0 Å². The quantitative estimate of drug-likeness (QED) is 0.783. The lowest BCUT2D eigenvalue weighted by Crippen LogP contribution is -2.39. The molecule has 17 heavy (non-hydrogen) atoms. The molecule has 2 rings (SSSR count). The number of rotatable bonds is 3. The fourth-order valence-electron chi connectivity index (χ4n) is 1.87. The maximum absolute atomic E-state index is 5.85. The molecule has 0 aromatic heterocycles. The first-order valence-corrected chi connectivity index (χ1v) is 6.64. The Kier molecular flexibility index (Phi) is 4.77. The van der Waals surface area contributed by atoms with Crippen LogP contribution in [0.25, 0.3) is 0 Å². The molecule has 0 radical (unpaired) electrons. The van der Waals surface area contributed by atoms with Gasteiger partial charge in [0.15, 0.2) is 0 Å². The second kappa shape index (κ2) is 6.34. The summed E-state index contributed by atoms with van der Waals surface area (Å²) in [6, 6.07) is 7.97. The van der Waals surface area contributed by atoms with E-state index in [0.717, 1.165) is 49.2 Å². The molecule has 0 saturated carbocycles. The minimum Gasteiger partial charge on any atom is -0.378 e. The van der Waals surface area contributed by atoms with E-state index in [0.29, 0.717) is 0 Å². The maximum atomic E-state index is 5.85. The number of halogens is 1. The number of benzene rings is 1. The van der Waals surface area contributed by atoms with Crippen molar-refractivity contribution in [3.05, 3.63) is 34.9 Å². The summed E-state index contributed by atoms with van der Waals surface area (Å²) in [4.78, 5) is 3.29. The maximum Gasteiger partial charge on any atom is 0.0784 e. The molecule has 2 nitrogen and oxygen atoms in total. The summed E-state index contributed by atoms with van der Waals surface area (Å²) in [5.41, 5.74) is 1.28. The van der Waals surface area contributed by atoms with Crippen LogP contribution in [0.5, 0.6) is 0 Å². The number of nitrogens with zero attached hydrogens (tertiary/aromatic N) is 1. The van der Waals surface area contributed by atoms with Crippen LogP contribution in [0.3, 0.4) is 0 Å². The van der Waals surface area contributed by atoms with E-state index in [1.807, 2.05) is 12.1 Å². The van der Waals surface area contributed by atoms with Crippen LogP contribution >= 0.6 is 23.8 Å². The summed E-state index contributed by atoms with van der Waals surface area (Å²) in [7, 11) is 0. The first-order valence-electron chi connectivity index (χ1n) is 5.85. The Morgan fingerprint density at radius 1 is 1.24 bits per heavy atom. The molecule has 0 aliphatic carbocycles. The van der Waals surface area contributed by atoms with Gasteiger partial charge in [0.1, 0.15) is 0 Å². The van der Waals surface area contributed by atoms with Crippen LogP contribution in [-0.2, 0) is 11.2 Å². The van der Waals surface area contributed by atoms with Crippen molar-refractivity contribution >= 4 is 28.8 Å². The van der Waals surface area contributed by atoms with E-state index in [4.69, 9.17) is 28.6 Å². The summed E-state index contributed by atoms with van der Waals surface area (Å²) in [5.74, 6) is 0. The number of morpholine rings is 1. The van der Waals surface area contributed by atoms with E-state index in [2.05, 4.69) is 17.0 Å². The third-order valence-electron chi connectivity index (χ3n) is 2.90. The highest BCUT2D eigenvalue weighted by molar-refractivity contribution is 7.80. The lowest BCUT2D eigenvalue weighted by molar-refractivity contribution is 0.0683. The van der Waals surface area contributed by atoms with Crippen LogP contribution in [0.4, 0.5) is 0 Å². The van der Waals surface area contributed by atoms with E-state index in [-0.39, 0.29) is 0 Å². The predicted molar refractivity (Wildman–Crippen MR) is 74.8 cm³/mol. The molecular weight excluding hydrogens is 254 g/mol. The normalized spacial score (nSPS) is 15.9. The Morgan fingerprint density at radius 3 is 2.53 bits per heavy atom. The van der Waals surface area contributed by atoms with Gasteiger partial charge in [-0.1, -0.05) is 36.0 Å². The van der Waals surface area contributed by atoms with Gasteiger partial charge in [-0.05, 0) is 24.1 Å². The van der Waals surface area contributed by atoms with Crippen molar-refractivity contribution in [3.8, 4) is 0 Å². The molecule has 1 aliphatic heterocycles. The Morgan fingerprint density at radius 2 is 1.88 bits per heavy atom. The van der Waals surface area contributed by atoms with E-state index in [1.165, 1.54) is 5.56 Å². The Labute approximate surface area is 113 Å². The van der Waals surface area contributed by atoms with Gasteiger partial charge in [0.2, 0.25) is 0 Å². The minimum absolute atomic E-state index is 0.782. The van der Waals surface area contributed by atoms with Gasteiger partial charge in [0.05, 0.1) is 18.2 Å². The SMILES string of the molecule is S=C(CCc1ccc(Cl)cc1)N1CCOCC1. The van der Waals surface area contributed by atoms with Crippen molar-refractivity contribution in [3.63, 3.8) is 0 Å². The van der Waals surface area contributed by atoms with Gasteiger partial charge in [0, 0.05) is 24.5 Å². The summed E-state index contributed by atoms with van der Waals surface area (Å²) in [5, 5.41) is 0.782. The first kappa shape index (κ1) is 12.8. The van der Waals surface area contributed by atoms with Crippen molar-refractivity contribution in [2.45, 2.75) is 12.8 Å². The summed E-state index contributed by atoms with van der Waals surface area (Å²) in [6.45, 7) is 3.45. The van der Waals surface area contributed by atoms with Crippen molar-refractivity contribution in [1.82, 2.24) is 4.90 Å².